The fourth-order valence-electron chi connectivity index (χ4n) is 3.33. The van der Waals surface area contributed by atoms with Crippen molar-refractivity contribution in [2.24, 2.45) is 5.92 Å². The topological polar surface area (TPSA) is 89.3 Å². The van der Waals surface area contributed by atoms with Crippen molar-refractivity contribution in [1.82, 2.24) is 14.7 Å². The highest BCUT2D eigenvalue weighted by molar-refractivity contribution is 7.91. The molecule has 7 nitrogen and oxygen atoms in total. The van der Waals surface area contributed by atoms with Crippen LogP contribution < -0.4 is 5.56 Å². The van der Waals surface area contributed by atoms with Crippen LogP contribution in [0.15, 0.2) is 35.3 Å². The highest BCUT2D eigenvalue weighted by Gasteiger charge is 2.35. The van der Waals surface area contributed by atoms with Crippen molar-refractivity contribution in [3.63, 3.8) is 0 Å². The van der Waals surface area contributed by atoms with E-state index in [-0.39, 0.29) is 41.5 Å². The maximum Gasteiger partial charge on any atom is 0.275 e. The molecule has 0 N–H and O–H groups in total. The van der Waals surface area contributed by atoms with E-state index in [1.807, 2.05) is 19.9 Å². The van der Waals surface area contributed by atoms with Gasteiger partial charge in [0.25, 0.3) is 5.56 Å². The van der Waals surface area contributed by atoms with Gasteiger partial charge in [0.2, 0.25) is 5.91 Å². The van der Waals surface area contributed by atoms with Crippen LogP contribution in [0, 0.1) is 5.92 Å². The van der Waals surface area contributed by atoms with Crippen LogP contribution in [0.1, 0.15) is 20.3 Å². The summed E-state index contributed by atoms with van der Waals surface area (Å²) < 4.78 is 24.8. The zero-order chi connectivity index (χ0) is 18.9. The molecule has 3 rings (SSSR count). The van der Waals surface area contributed by atoms with Crippen LogP contribution in [0.2, 0.25) is 0 Å². The van der Waals surface area contributed by atoms with Gasteiger partial charge in [-0.2, -0.15) is 5.10 Å². The molecule has 1 aliphatic rings. The summed E-state index contributed by atoms with van der Waals surface area (Å²) in [6.07, 6.45) is 2.01. The van der Waals surface area contributed by atoms with Crippen molar-refractivity contribution < 1.29 is 13.2 Å². The highest BCUT2D eigenvalue weighted by Crippen LogP contribution is 2.19. The summed E-state index contributed by atoms with van der Waals surface area (Å²) in [6.45, 7) is 4.22. The molecule has 2 aromatic rings. The lowest BCUT2D eigenvalue weighted by Gasteiger charge is -2.30. The molecule has 0 bridgehead atoms. The Bertz CT molecular complexity index is 981. The molecule has 1 amide bonds. The minimum atomic E-state index is -3.10. The molecule has 1 aromatic carbocycles. The molecule has 1 aliphatic heterocycles. The second-order valence-corrected chi connectivity index (χ2v) is 9.42. The predicted molar refractivity (Wildman–Crippen MR) is 99.6 cm³/mol. The number of fused-ring (bicyclic) bond motifs is 1. The summed E-state index contributed by atoms with van der Waals surface area (Å²) in [6, 6.07) is 6.76. The number of rotatable bonds is 5. The number of hydrogen-bond donors (Lipinski definition) is 0. The second-order valence-electron chi connectivity index (χ2n) is 7.19. The van der Waals surface area contributed by atoms with Crippen molar-refractivity contribution in [2.45, 2.75) is 32.9 Å². The summed E-state index contributed by atoms with van der Waals surface area (Å²) in [5.74, 6) is 0.0217. The van der Waals surface area contributed by atoms with E-state index in [4.69, 9.17) is 0 Å². The smallest absolute Gasteiger partial charge is 0.275 e. The Morgan fingerprint density at radius 1 is 1.35 bits per heavy atom. The lowest BCUT2D eigenvalue weighted by atomic mass is 10.1. The van der Waals surface area contributed by atoms with E-state index in [0.717, 1.165) is 10.1 Å². The quantitative estimate of drug-likeness (QED) is 0.777. The van der Waals surface area contributed by atoms with Crippen molar-refractivity contribution in [3.8, 4) is 0 Å². The summed E-state index contributed by atoms with van der Waals surface area (Å²) in [4.78, 5) is 27.0. The number of amides is 1. The fraction of sp³-hybridized carbons (Fsp3) is 0.500. The highest BCUT2D eigenvalue weighted by atomic mass is 32.2. The molecule has 0 radical (unpaired) electrons. The van der Waals surface area contributed by atoms with Gasteiger partial charge >= 0.3 is 0 Å². The third kappa shape index (κ3) is 3.95. The second kappa shape index (κ2) is 7.19. The first-order chi connectivity index (χ1) is 12.3. The molecule has 1 saturated heterocycles. The fourth-order valence-corrected chi connectivity index (χ4v) is 5.06. The summed E-state index contributed by atoms with van der Waals surface area (Å²) in [7, 11) is -3.10. The Morgan fingerprint density at radius 3 is 2.73 bits per heavy atom. The molecule has 1 aromatic heterocycles. The average Bonchev–Trinajstić information content (AvgIpc) is 2.95. The van der Waals surface area contributed by atoms with Gasteiger partial charge in [-0.25, -0.2) is 13.1 Å². The number of aromatic nitrogens is 2. The molecule has 140 valence electrons. The van der Waals surface area contributed by atoms with E-state index >= 15 is 0 Å². The molecule has 0 aliphatic carbocycles. The molecular formula is C18H23N3O4S. The minimum absolute atomic E-state index is 0.00842. The van der Waals surface area contributed by atoms with Crippen LogP contribution in [0.25, 0.3) is 10.8 Å². The van der Waals surface area contributed by atoms with Crippen LogP contribution in [-0.2, 0) is 21.2 Å². The standard InChI is InChI=1S/C18H23N3O4S/c1-13(2)10-20(15-7-8-26(24,25)12-15)17(22)11-21-18(23)16-6-4-3-5-14(16)9-19-21/h3-6,9,13,15H,7-8,10-12H2,1-2H3. The van der Waals surface area contributed by atoms with Crippen LogP contribution in [-0.4, -0.2) is 53.1 Å². The normalized spacial score (nSPS) is 19.1. The van der Waals surface area contributed by atoms with E-state index in [1.165, 1.54) is 0 Å². The predicted octanol–water partition coefficient (Wildman–Crippen LogP) is 1.07. The minimum Gasteiger partial charge on any atom is -0.337 e. The molecule has 1 atom stereocenters. The molecule has 2 heterocycles. The number of sulfone groups is 1. The third-order valence-corrected chi connectivity index (χ3v) is 6.33. The zero-order valence-corrected chi connectivity index (χ0v) is 15.8. The van der Waals surface area contributed by atoms with Crippen molar-refractivity contribution in [1.29, 1.82) is 0 Å². The Kier molecular flexibility index (Phi) is 5.13. The van der Waals surface area contributed by atoms with Gasteiger partial charge in [0.15, 0.2) is 9.84 Å². The molecule has 0 saturated carbocycles. The number of benzene rings is 1. The first kappa shape index (κ1) is 18.6. The first-order valence-corrected chi connectivity index (χ1v) is 10.5. The summed E-state index contributed by atoms with van der Waals surface area (Å²) in [5, 5.41) is 5.33. The van der Waals surface area contributed by atoms with E-state index in [0.29, 0.717) is 18.4 Å². The first-order valence-electron chi connectivity index (χ1n) is 8.71. The number of nitrogens with zero attached hydrogens (tertiary/aromatic N) is 3. The van der Waals surface area contributed by atoms with E-state index in [9.17, 15) is 18.0 Å². The van der Waals surface area contributed by atoms with Gasteiger partial charge in [-0.3, -0.25) is 9.59 Å². The zero-order valence-electron chi connectivity index (χ0n) is 15.0. The molecule has 26 heavy (non-hydrogen) atoms. The SMILES string of the molecule is CC(C)CN(C(=O)Cn1ncc2ccccc2c1=O)C1CCS(=O)(=O)C1. The van der Waals surface area contributed by atoms with Gasteiger partial charge in [0.1, 0.15) is 6.54 Å². The van der Waals surface area contributed by atoms with Gasteiger partial charge in [0.05, 0.1) is 23.1 Å². The maximum atomic E-state index is 12.9. The van der Waals surface area contributed by atoms with Crippen LogP contribution in [0.4, 0.5) is 0 Å². The van der Waals surface area contributed by atoms with Crippen molar-refractivity contribution in [2.75, 3.05) is 18.1 Å². The molecule has 1 unspecified atom stereocenters. The monoisotopic (exact) mass is 377 g/mol. The Labute approximate surface area is 152 Å². The Hall–Kier alpha value is -2.22. The van der Waals surface area contributed by atoms with Crippen LogP contribution in [0.3, 0.4) is 0 Å². The lowest BCUT2D eigenvalue weighted by molar-refractivity contribution is -0.134. The maximum absolute atomic E-state index is 12.9. The number of hydrogen-bond acceptors (Lipinski definition) is 5. The van der Waals surface area contributed by atoms with E-state index < -0.39 is 9.84 Å². The van der Waals surface area contributed by atoms with Gasteiger partial charge in [-0.1, -0.05) is 32.0 Å². The largest absolute Gasteiger partial charge is 0.337 e. The van der Waals surface area contributed by atoms with Crippen molar-refractivity contribution in [3.05, 3.63) is 40.8 Å². The van der Waals surface area contributed by atoms with E-state index in [1.54, 1.807) is 29.3 Å². The van der Waals surface area contributed by atoms with E-state index in [2.05, 4.69) is 5.10 Å². The number of carbonyl (C=O) groups excluding carboxylic acids is 1. The summed E-state index contributed by atoms with van der Waals surface area (Å²) >= 11 is 0. The molecule has 8 heteroatoms. The summed E-state index contributed by atoms with van der Waals surface area (Å²) in [5.41, 5.74) is -0.319. The molecule has 0 spiro atoms. The lowest BCUT2D eigenvalue weighted by Crippen LogP contribution is -2.46. The van der Waals surface area contributed by atoms with Gasteiger partial charge in [-0.15, -0.1) is 0 Å². The molecule has 1 fully saturated rings. The Balaban J connectivity index is 1.86. The van der Waals surface area contributed by atoms with Gasteiger partial charge in [0, 0.05) is 18.0 Å². The van der Waals surface area contributed by atoms with Crippen molar-refractivity contribution >= 4 is 26.5 Å². The third-order valence-electron chi connectivity index (χ3n) is 4.58. The van der Waals surface area contributed by atoms with Crippen LogP contribution in [0.5, 0.6) is 0 Å². The number of carbonyl (C=O) groups is 1. The molecular weight excluding hydrogens is 354 g/mol. The van der Waals surface area contributed by atoms with Crippen LogP contribution >= 0.6 is 0 Å². The van der Waals surface area contributed by atoms with Gasteiger partial charge < -0.3 is 4.90 Å². The van der Waals surface area contributed by atoms with Gasteiger partial charge in [-0.05, 0) is 18.4 Å². The Morgan fingerprint density at radius 2 is 2.08 bits per heavy atom. The average molecular weight is 377 g/mol.